The summed E-state index contributed by atoms with van der Waals surface area (Å²) in [7, 11) is -3.53. The third-order valence-corrected chi connectivity index (χ3v) is 4.94. The molecule has 16 heavy (non-hydrogen) atoms. The van der Waals surface area contributed by atoms with Crippen LogP contribution in [0.3, 0.4) is 0 Å². The first kappa shape index (κ1) is 13.3. The second-order valence-electron chi connectivity index (χ2n) is 3.76. The Kier molecular flexibility index (Phi) is 4.22. The van der Waals surface area contributed by atoms with Crippen molar-refractivity contribution in [3.05, 3.63) is 0 Å². The minimum atomic E-state index is -3.53. The summed E-state index contributed by atoms with van der Waals surface area (Å²) in [6.45, 7) is 6.61. The molecule has 0 aromatic carbocycles. The van der Waals surface area contributed by atoms with E-state index in [0.717, 1.165) is 11.3 Å². The lowest BCUT2D eigenvalue weighted by atomic mass is 10.2. The zero-order valence-electron chi connectivity index (χ0n) is 9.54. The first-order valence-electron chi connectivity index (χ1n) is 4.97. The van der Waals surface area contributed by atoms with Gasteiger partial charge in [0.25, 0.3) is 10.0 Å². The van der Waals surface area contributed by atoms with E-state index in [9.17, 15) is 8.42 Å². The number of anilines is 1. The van der Waals surface area contributed by atoms with E-state index in [0.29, 0.717) is 13.1 Å². The van der Waals surface area contributed by atoms with Crippen molar-refractivity contribution in [3.63, 3.8) is 0 Å². The molecule has 0 bridgehead atoms. The summed E-state index contributed by atoms with van der Waals surface area (Å²) in [5, 5.41) is 7.26. The van der Waals surface area contributed by atoms with Crippen molar-refractivity contribution in [2.45, 2.75) is 25.1 Å². The van der Waals surface area contributed by atoms with E-state index in [1.54, 1.807) is 6.92 Å². The number of rotatable bonds is 5. The van der Waals surface area contributed by atoms with Gasteiger partial charge in [-0.25, -0.2) is 8.42 Å². The highest BCUT2D eigenvalue weighted by molar-refractivity contribution is 7.91. The van der Waals surface area contributed by atoms with Crippen molar-refractivity contribution >= 4 is 26.5 Å². The molecule has 1 aromatic heterocycles. The zero-order chi connectivity index (χ0) is 12.3. The molecule has 0 unspecified atom stereocenters. The number of aromatic nitrogens is 2. The van der Waals surface area contributed by atoms with E-state index in [2.05, 4.69) is 10.2 Å². The maximum absolute atomic E-state index is 12.1. The Balaban J connectivity index is 2.99. The molecule has 1 heterocycles. The number of nitrogens with two attached hydrogens (primary N) is 1. The first-order valence-corrected chi connectivity index (χ1v) is 7.22. The summed E-state index contributed by atoms with van der Waals surface area (Å²) in [5.41, 5.74) is 5.38. The van der Waals surface area contributed by atoms with Crippen molar-refractivity contribution < 1.29 is 8.42 Å². The molecule has 0 amide bonds. The highest BCUT2D eigenvalue weighted by Gasteiger charge is 2.27. The number of nitrogens with zero attached hydrogens (tertiary/aromatic N) is 3. The van der Waals surface area contributed by atoms with E-state index in [4.69, 9.17) is 5.73 Å². The second-order valence-corrected chi connectivity index (χ2v) is 6.88. The summed E-state index contributed by atoms with van der Waals surface area (Å²) in [6.07, 6.45) is 0. The van der Waals surface area contributed by atoms with Crippen LogP contribution in [0.25, 0.3) is 0 Å². The zero-order valence-corrected chi connectivity index (χ0v) is 11.2. The van der Waals surface area contributed by atoms with Gasteiger partial charge in [0.2, 0.25) is 9.47 Å². The van der Waals surface area contributed by atoms with Gasteiger partial charge in [-0.3, -0.25) is 0 Å². The Hall–Kier alpha value is -0.730. The predicted molar refractivity (Wildman–Crippen MR) is 63.6 cm³/mol. The molecule has 1 rings (SSSR count). The van der Waals surface area contributed by atoms with E-state index in [1.807, 2.05) is 13.8 Å². The lowest BCUT2D eigenvalue weighted by Crippen LogP contribution is -2.34. The average Bonchev–Trinajstić information content (AvgIpc) is 2.61. The van der Waals surface area contributed by atoms with Crippen LogP contribution in [0.2, 0.25) is 0 Å². The smallest absolute Gasteiger partial charge is 0.272 e. The van der Waals surface area contributed by atoms with Crippen LogP contribution in [0.1, 0.15) is 20.8 Å². The fourth-order valence-electron chi connectivity index (χ4n) is 1.24. The number of nitrogen functional groups attached to an aromatic ring is 1. The number of sulfonamides is 1. The molecule has 0 aliphatic heterocycles. The van der Waals surface area contributed by atoms with Gasteiger partial charge in [0.15, 0.2) is 0 Å². The Labute approximate surface area is 99.5 Å². The second kappa shape index (κ2) is 5.07. The molecule has 6 nitrogen and oxygen atoms in total. The normalized spacial score (nSPS) is 12.6. The highest BCUT2D eigenvalue weighted by Crippen LogP contribution is 2.21. The maximum Gasteiger partial charge on any atom is 0.272 e. The Morgan fingerprint density at radius 1 is 1.44 bits per heavy atom. The van der Waals surface area contributed by atoms with Crippen LogP contribution < -0.4 is 5.73 Å². The SMILES string of the molecule is CCN(CC(C)C)S(=O)(=O)c1nnc(N)s1. The molecule has 0 saturated carbocycles. The largest absolute Gasteiger partial charge is 0.374 e. The predicted octanol–water partition coefficient (Wildman–Crippen LogP) is 0.787. The molecule has 0 spiro atoms. The molecule has 92 valence electrons. The lowest BCUT2D eigenvalue weighted by Gasteiger charge is -2.20. The number of hydrogen-bond acceptors (Lipinski definition) is 6. The summed E-state index contributed by atoms with van der Waals surface area (Å²) < 4.78 is 25.5. The summed E-state index contributed by atoms with van der Waals surface area (Å²) in [4.78, 5) is 0. The maximum atomic E-state index is 12.1. The van der Waals surface area contributed by atoms with Crippen molar-refractivity contribution in [3.8, 4) is 0 Å². The van der Waals surface area contributed by atoms with E-state index >= 15 is 0 Å². The molecule has 0 aliphatic rings. The minimum absolute atomic E-state index is 0.0347. The lowest BCUT2D eigenvalue weighted by molar-refractivity contribution is 0.380. The topological polar surface area (TPSA) is 89.2 Å². The third kappa shape index (κ3) is 2.89. The van der Waals surface area contributed by atoms with Gasteiger partial charge in [-0.05, 0) is 5.92 Å². The van der Waals surface area contributed by atoms with Crippen LogP contribution in [0.4, 0.5) is 5.13 Å². The Bertz CT molecular complexity index is 441. The van der Waals surface area contributed by atoms with Gasteiger partial charge < -0.3 is 5.73 Å². The summed E-state index contributed by atoms with van der Waals surface area (Å²) in [5.74, 6) is 0.264. The molecule has 2 N–H and O–H groups in total. The van der Waals surface area contributed by atoms with Gasteiger partial charge in [0.05, 0.1) is 0 Å². The summed E-state index contributed by atoms with van der Waals surface area (Å²) in [6, 6.07) is 0. The molecule has 1 aromatic rings. The molecule has 0 aliphatic carbocycles. The average molecular weight is 264 g/mol. The van der Waals surface area contributed by atoms with Gasteiger partial charge in [0.1, 0.15) is 0 Å². The molecule has 8 heteroatoms. The minimum Gasteiger partial charge on any atom is -0.374 e. The quantitative estimate of drug-likeness (QED) is 0.849. The van der Waals surface area contributed by atoms with Crippen molar-refractivity contribution in [2.24, 2.45) is 5.92 Å². The van der Waals surface area contributed by atoms with Crippen molar-refractivity contribution in [1.82, 2.24) is 14.5 Å². The molecule has 0 atom stereocenters. The van der Waals surface area contributed by atoms with E-state index in [-0.39, 0.29) is 15.4 Å². The fourth-order valence-corrected chi connectivity index (χ4v) is 3.77. The monoisotopic (exact) mass is 264 g/mol. The van der Waals surface area contributed by atoms with Crippen LogP contribution in [0.15, 0.2) is 4.34 Å². The molecular formula is C8H16N4O2S2. The van der Waals surface area contributed by atoms with Crippen LogP contribution in [-0.4, -0.2) is 36.0 Å². The van der Waals surface area contributed by atoms with Crippen molar-refractivity contribution in [2.75, 3.05) is 18.8 Å². The fraction of sp³-hybridized carbons (Fsp3) is 0.750. The molecule has 0 saturated heterocycles. The van der Waals surface area contributed by atoms with Gasteiger partial charge in [-0.2, -0.15) is 4.31 Å². The van der Waals surface area contributed by atoms with Crippen LogP contribution in [0, 0.1) is 5.92 Å². The van der Waals surface area contributed by atoms with E-state index in [1.165, 1.54) is 4.31 Å². The Morgan fingerprint density at radius 2 is 2.06 bits per heavy atom. The van der Waals surface area contributed by atoms with Crippen LogP contribution >= 0.6 is 11.3 Å². The molecule has 0 radical (unpaired) electrons. The van der Waals surface area contributed by atoms with Gasteiger partial charge in [0, 0.05) is 13.1 Å². The first-order chi connectivity index (χ1) is 7.37. The van der Waals surface area contributed by atoms with Crippen molar-refractivity contribution in [1.29, 1.82) is 0 Å². The van der Waals surface area contributed by atoms with Gasteiger partial charge >= 0.3 is 0 Å². The van der Waals surface area contributed by atoms with Crippen LogP contribution in [0.5, 0.6) is 0 Å². The van der Waals surface area contributed by atoms with Gasteiger partial charge in [-0.15, -0.1) is 10.2 Å². The molecule has 0 fully saturated rings. The Morgan fingerprint density at radius 3 is 2.44 bits per heavy atom. The molecular weight excluding hydrogens is 248 g/mol. The third-order valence-electron chi connectivity index (χ3n) is 1.90. The van der Waals surface area contributed by atoms with Crippen LogP contribution in [-0.2, 0) is 10.0 Å². The summed E-state index contributed by atoms with van der Waals surface area (Å²) >= 11 is 0.891. The van der Waals surface area contributed by atoms with Gasteiger partial charge in [-0.1, -0.05) is 32.1 Å². The standard InChI is InChI=1S/C8H16N4O2S2/c1-4-12(5-6(2)3)16(13,14)8-11-10-7(9)15-8/h6H,4-5H2,1-3H3,(H2,9,10). The highest BCUT2D eigenvalue weighted by atomic mass is 32.2. The number of hydrogen-bond donors (Lipinski definition) is 1. The van der Waals surface area contributed by atoms with E-state index < -0.39 is 10.0 Å².